The number of amides is 1. The number of aryl methyl sites for hydroxylation is 1. The number of carbonyl (C=O) groups is 1. The van der Waals surface area contributed by atoms with Gasteiger partial charge in [-0.05, 0) is 29.8 Å². The third-order valence-corrected chi connectivity index (χ3v) is 6.35. The molecule has 4 aromatic rings. The van der Waals surface area contributed by atoms with E-state index in [1.807, 2.05) is 43.6 Å². The summed E-state index contributed by atoms with van der Waals surface area (Å²) in [5, 5.41) is 5.18. The summed E-state index contributed by atoms with van der Waals surface area (Å²) < 4.78 is 8.56. The molecule has 0 radical (unpaired) electrons. The first-order chi connectivity index (χ1) is 14.2. The highest BCUT2D eigenvalue weighted by molar-refractivity contribution is 7.22. The Labute approximate surface area is 172 Å². The summed E-state index contributed by atoms with van der Waals surface area (Å²) >= 11 is 1.66. The minimum absolute atomic E-state index is 0.0152. The molecule has 1 aliphatic rings. The van der Waals surface area contributed by atoms with Gasteiger partial charge in [-0.1, -0.05) is 29.5 Å². The van der Waals surface area contributed by atoms with E-state index in [2.05, 4.69) is 26.9 Å². The molecular weight excluding hydrogens is 384 g/mol. The van der Waals surface area contributed by atoms with Gasteiger partial charge in [0.2, 0.25) is 5.91 Å². The number of nitrogens with one attached hydrogen (secondary N) is 1. The van der Waals surface area contributed by atoms with Gasteiger partial charge < -0.3 is 19.5 Å². The van der Waals surface area contributed by atoms with Crippen LogP contribution in [-0.4, -0.2) is 41.8 Å². The fraction of sp³-hybridized carbons (Fsp3) is 0.273. The maximum absolute atomic E-state index is 12.7. The molecule has 0 atom stereocenters. The molecule has 0 saturated carbocycles. The lowest BCUT2D eigenvalue weighted by Crippen LogP contribution is -2.36. The molecule has 0 aliphatic carbocycles. The first-order valence-electron chi connectivity index (χ1n) is 9.73. The van der Waals surface area contributed by atoms with E-state index in [0.29, 0.717) is 6.42 Å². The van der Waals surface area contributed by atoms with Crippen molar-refractivity contribution < 1.29 is 9.53 Å². The number of morpholine rings is 1. The van der Waals surface area contributed by atoms with Crippen LogP contribution in [0.2, 0.25) is 0 Å². The Morgan fingerprint density at radius 1 is 1.21 bits per heavy atom. The molecule has 1 amide bonds. The van der Waals surface area contributed by atoms with E-state index in [-0.39, 0.29) is 5.91 Å². The number of hydrogen-bond donors (Lipinski definition) is 1. The molecular formula is C22H22N4O2S. The van der Waals surface area contributed by atoms with Crippen molar-refractivity contribution in [1.29, 1.82) is 0 Å². The molecule has 5 rings (SSSR count). The van der Waals surface area contributed by atoms with Crippen molar-refractivity contribution >= 4 is 49.2 Å². The summed E-state index contributed by atoms with van der Waals surface area (Å²) in [6.07, 6.45) is 2.38. The Balaban J connectivity index is 1.33. The Morgan fingerprint density at radius 2 is 2.03 bits per heavy atom. The molecule has 0 unspecified atom stereocenters. The fourth-order valence-electron chi connectivity index (χ4n) is 3.82. The maximum atomic E-state index is 12.7. The van der Waals surface area contributed by atoms with Gasteiger partial charge in [0.1, 0.15) is 0 Å². The monoisotopic (exact) mass is 406 g/mol. The Hall–Kier alpha value is -2.90. The third kappa shape index (κ3) is 3.59. The van der Waals surface area contributed by atoms with Crippen LogP contribution in [0.1, 0.15) is 5.56 Å². The van der Waals surface area contributed by atoms with E-state index in [0.717, 1.165) is 63.8 Å². The fourth-order valence-corrected chi connectivity index (χ4v) is 4.88. The van der Waals surface area contributed by atoms with E-state index in [4.69, 9.17) is 9.72 Å². The quantitative estimate of drug-likeness (QED) is 0.560. The van der Waals surface area contributed by atoms with Crippen LogP contribution in [0.3, 0.4) is 0 Å². The molecule has 1 saturated heterocycles. The molecule has 0 bridgehead atoms. The zero-order chi connectivity index (χ0) is 19.8. The first-order valence-corrected chi connectivity index (χ1v) is 10.5. The highest BCUT2D eigenvalue weighted by Gasteiger charge is 2.16. The number of ether oxygens (including phenoxy) is 1. The number of benzene rings is 2. The molecule has 1 fully saturated rings. The van der Waals surface area contributed by atoms with E-state index in [1.165, 1.54) is 0 Å². The van der Waals surface area contributed by atoms with Crippen LogP contribution >= 0.6 is 11.3 Å². The van der Waals surface area contributed by atoms with Gasteiger partial charge in [-0.15, -0.1) is 0 Å². The second-order valence-corrected chi connectivity index (χ2v) is 8.29. The van der Waals surface area contributed by atoms with Crippen LogP contribution in [0, 0.1) is 0 Å². The number of para-hydroxylation sites is 1. The van der Waals surface area contributed by atoms with Gasteiger partial charge in [0.15, 0.2) is 5.13 Å². The Morgan fingerprint density at radius 3 is 2.90 bits per heavy atom. The molecule has 3 heterocycles. The predicted molar refractivity (Wildman–Crippen MR) is 118 cm³/mol. The van der Waals surface area contributed by atoms with Crippen molar-refractivity contribution in [3.8, 4) is 0 Å². The summed E-state index contributed by atoms with van der Waals surface area (Å²) in [6.45, 7) is 3.22. The maximum Gasteiger partial charge on any atom is 0.228 e. The zero-order valence-corrected chi connectivity index (χ0v) is 17.0. The Kier molecular flexibility index (Phi) is 4.69. The third-order valence-electron chi connectivity index (χ3n) is 5.27. The summed E-state index contributed by atoms with van der Waals surface area (Å²) in [6, 6.07) is 14.1. The lowest BCUT2D eigenvalue weighted by Gasteiger charge is -2.25. The standard InChI is InChI=1S/C22H22N4O2S/c1-25-14-15(17-4-2-3-5-19(17)25)12-21(27)23-16-6-7-18-20(13-16)29-22(24-18)26-8-10-28-11-9-26/h2-7,13-14H,8-12H2,1H3,(H,23,27). The van der Waals surface area contributed by atoms with Crippen molar-refractivity contribution in [3.05, 3.63) is 54.2 Å². The Bertz CT molecular complexity index is 1190. The SMILES string of the molecule is Cn1cc(CC(=O)Nc2ccc3nc(N4CCOCC4)sc3c2)c2ccccc21. The van der Waals surface area contributed by atoms with Crippen molar-refractivity contribution in [1.82, 2.24) is 9.55 Å². The van der Waals surface area contributed by atoms with Gasteiger partial charge in [0, 0.05) is 42.9 Å². The first kappa shape index (κ1) is 18.1. The molecule has 6 nitrogen and oxygen atoms in total. The zero-order valence-electron chi connectivity index (χ0n) is 16.2. The molecule has 29 heavy (non-hydrogen) atoms. The number of carbonyl (C=O) groups excluding carboxylic acids is 1. The average Bonchev–Trinajstić information content (AvgIpc) is 3.30. The topological polar surface area (TPSA) is 59.4 Å². The van der Waals surface area contributed by atoms with Crippen molar-refractivity contribution in [2.75, 3.05) is 36.5 Å². The number of hydrogen-bond acceptors (Lipinski definition) is 5. The number of aromatic nitrogens is 2. The molecule has 2 aromatic carbocycles. The summed E-state index contributed by atoms with van der Waals surface area (Å²) in [4.78, 5) is 19.7. The van der Waals surface area contributed by atoms with E-state index < -0.39 is 0 Å². The number of nitrogens with zero attached hydrogens (tertiary/aromatic N) is 3. The van der Waals surface area contributed by atoms with Crippen molar-refractivity contribution in [2.24, 2.45) is 7.05 Å². The van der Waals surface area contributed by atoms with Crippen LogP contribution in [0.4, 0.5) is 10.8 Å². The van der Waals surface area contributed by atoms with Crippen LogP contribution in [-0.2, 0) is 23.0 Å². The molecule has 0 spiro atoms. The lowest BCUT2D eigenvalue weighted by atomic mass is 10.1. The van der Waals surface area contributed by atoms with Crippen LogP contribution < -0.4 is 10.2 Å². The van der Waals surface area contributed by atoms with Gasteiger partial charge in [0.05, 0.1) is 29.9 Å². The van der Waals surface area contributed by atoms with Crippen molar-refractivity contribution in [2.45, 2.75) is 6.42 Å². The second-order valence-electron chi connectivity index (χ2n) is 7.29. The summed E-state index contributed by atoms with van der Waals surface area (Å²) in [7, 11) is 2.01. The predicted octanol–water partition coefficient (Wildman–Crippen LogP) is 3.81. The lowest BCUT2D eigenvalue weighted by molar-refractivity contribution is -0.115. The molecule has 148 valence electrons. The minimum Gasteiger partial charge on any atom is -0.378 e. The van der Waals surface area contributed by atoms with E-state index in [9.17, 15) is 4.79 Å². The van der Waals surface area contributed by atoms with Crippen molar-refractivity contribution in [3.63, 3.8) is 0 Å². The van der Waals surface area contributed by atoms with Gasteiger partial charge in [-0.25, -0.2) is 4.98 Å². The van der Waals surface area contributed by atoms with Crippen LogP contribution in [0.25, 0.3) is 21.1 Å². The molecule has 1 N–H and O–H groups in total. The molecule has 7 heteroatoms. The normalized spacial score (nSPS) is 14.6. The van der Waals surface area contributed by atoms with E-state index in [1.54, 1.807) is 11.3 Å². The van der Waals surface area contributed by atoms with Gasteiger partial charge >= 0.3 is 0 Å². The van der Waals surface area contributed by atoms with Gasteiger partial charge in [0.25, 0.3) is 0 Å². The van der Waals surface area contributed by atoms with Crippen LogP contribution in [0.5, 0.6) is 0 Å². The van der Waals surface area contributed by atoms with E-state index >= 15 is 0 Å². The van der Waals surface area contributed by atoms with Gasteiger partial charge in [-0.3, -0.25) is 4.79 Å². The smallest absolute Gasteiger partial charge is 0.228 e. The summed E-state index contributed by atoms with van der Waals surface area (Å²) in [5.74, 6) is -0.0152. The number of fused-ring (bicyclic) bond motifs is 2. The number of rotatable bonds is 4. The largest absolute Gasteiger partial charge is 0.378 e. The second kappa shape index (κ2) is 7.50. The minimum atomic E-state index is -0.0152. The number of thiazole rings is 1. The number of anilines is 2. The highest BCUT2D eigenvalue weighted by atomic mass is 32.1. The molecule has 2 aromatic heterocycles. The highest BCUT2D eigenvalue weighted by Crippen LogP contribution is 2.31. The van der Waals surface area contributed by atoms with Crippen LogP contribution in [0.15, 0.2) is 48.7 Å². The average molecular weight is 407 g/mol. The summed E-state index contributed by atoms with van der Waals surface area (Å²) in [5.41, 5.74) is 3.94. The molecule has 1 aliphatic heterocycles. The van der Waals surface area contributed by atoms with Gasteiger partial charge in [-0.2, -0.15) is 0 Å².